The smallest absolute Gasteiger partial charge is 0.0603 e. The number of anilines is 1. The largest absolute Gasteiger partial charge is 0.378 e. The van der Waals surface area contributed by atoms with Gasteiger partial charge in [-0.15, -0.1) is 0 Å². The minimum atomic E-state index is 0.435. The Kier molecular flexibility index (Phi) is 8.62. The second-order valence-corrected chi connectivity index (χ2v) is 9.53. The molecule has 0 aromatic heterocycles. The molecule has 2 rings (SSSR count). The molecule has 0 amide bonds. The van der Waals surface area contributed by atoms with Gasteiger partial charge in [-0.1, -0.05) is 46.2 Å². The summed E-state index contributed by atoms with van der Waals surface area (Å²) in [6.45, 7) is 12.3. The van der Waals surface area contributed by atoms with E-state index in [1.807, 2.05) is 0 Å². The van der Waals surface area contributed by atoms with Gasteiger partial charge in [-0.3, -0.25) is 0 Å². The maximum absolute atomic E-state index is 6.08. The third kappa shape index (κ3) is 7.12. The summed E-state index contributed by atoms with van der Waals surface area (Å²) in [5.41, 5.74) is 3.08. The van der Waals surface area contributed by atoms with Crippen molar-refractivity contribution < 1.29 is 4.74 Å². The van der Waals surface area contributed by atoms with E-state index >= 15 is 0 Å². The third-order valence-electron chi connectivity index (χ3n) is 6.21. The van der Waals surface area contributed by atoms with Crippen LogP contribution in [0.3, 0.4) is 0 Å². The Morgan fingerprint density at radius 1 is 1.11 bits per heavy atom. The maximum Gasteiger partial charge on any atom is 0.0603 e. The molecule has 3 nitrogen and oxygen atoms in total. The fraction of sp³-hybridized carbons (Fsp3) is 0.750. The molecular formula is C24H42N2O. The molecule has 0 radical (unpaired) electrons. The average molecular weight is 375 g/mol. The van der Waals surface area contributed by atoms with Crippen LogP contribution in [0.4, 0.5) is 5.69 Å². The molecule has 0 unspecified atom stereocenters. The first-order valence-electron chi connectivity index (χ1n) is 10.9. The highest BCUT2D eigenvalue weighted by Crippen LogP contribution is 2.43. The number of nitrogens with one attached hydrogen (secondary N) is 1. The van der Waals surface area contributed by atoms with E-state index in [9.17, 15) is 0 Å². The molecule has 1 aliphatic heterocycles. The first-order valence-corrected chi connectivity index (χ1v) is 10.9. The predicted octanol–water partition coefficient (Wildman–Crippen LogP) is 5.49. The van der Waals surface area contributed by atoms with Crippen molar-refractivity contribution in [2.45, 2.75) is 72.4 Å². The summed E-state index contributed by atoms with van der Waals surface area (Å²) >= 11 is 0. The highest BCUT2D eigenvalue weighted by atomic mass is 16.5. The number of ether oxygens (including phenoxy) is 1. The van der Waals surface area contributed by atoms with Crippen LogP contribution in [-0.4, -0.2) is 33.4 Å². The zero-order valence-corrected chi connectivity index (χ0v) is 18.6. The molecule has 0 spiro atoms. The van der Waals surface area contributed by atoms with Gasteiger partial charge in [-0.2, -0.15) is 0 Å². The lowest BCUT2D eigenvalue weighted by Gasteiger charge is -2.43. The Hall–Kier alpha value is -1.06. The van der Waals surface area contributed by atoms with Crippen molar-refractivity contribution >= 4 is 5.69 Å². The van der Waals surface area contributed by atoms with Gasteiger partial charge in [0, 0.05) is 32.9 Å². The van der Waals surface area contributed by atoms with Crippen molar-refractivity contribution in [3.63, 3.8) is 0 Å². The normalized spacial score (nSPS) is 23.2. The van der Waals surface area contributed by atoms with Gasteiger partial charge >= 0.3 is 0 Å². The Bertz CT molecular complexity index is 538. The molecule has 1 fully saturated rings. The van der Waals surface area contributed by atoms with Crippen LogP contribution in [-0.2, 0) is 11.3 Å². The molecule has 3 heteroatoms. The minimum Gasteiger partial charge on any atom is -0.378 e. The lowest BCUT2D eigenvalue weighted by Crippen LogP contribution is -2.39. The molecule has 2 atom stereocenters. The molecule has 27 heavy (non-hydrogen) atoms. The van der Waals surface area contributed by atoms with Crippen LogP contribution in [0.25, 0.3) is 0 Å². The van der Waals surface area contributed by atoms with Crippen molar-refractivity contribution in [2.24, 2.45) is 17.3 Å². The van der Waals surface area contributed by atoms with Crippen LogP contribution in [0.1, 0.15) is 65.4 Å². The van der Waals surface area contributed by atoms with Crippen molar-refractivity contribution in [1.82, 2.24) is 5.32 Å². The van der Waals surface area contributed by atoms with Gasteiger partial charge in [0.25, 0.3) is 0 Å². The molecule has 1 saturated heterocycles. The lowest BCUT2D eigenvalue weighted by atomic mass is 9.69. The first-order chi connectivity index (χ1) is 12.8. The molecule has 0 bridgehead atoms. The van der Waals surface area contributed by atoms with Crippen LogP contribution in [0.5, 0.6) is 0 Å². The summed E-state index contributed by atoms with van der Waals surface area (Å²) in [6, 6.07) is 8.87. The summed E-state index contributed by atoms with van der Waals surface area (Å²) in [7, 11) is 4.17. The SMILES string of the molecule is CC(C)CC[C@@]1(CCNCc2ccc(N(C)C)cc2)CCO[C@H](C(C)C)C1. The monoisotopic (exact) mass is 374 g/mol. The van der Waals surface area contributed by atoms with Crippen LogP contribution in [0.2, 0.25) is 0 Å². The summed E-state index contributed by atoms with van der Waals surface area (Å²) in [5.74, 6) is 1.40. The van der Waals surface area contributed by atoms with E-state index in [1.165, 1.54) is 43.4 Å². The van der Waals surface area contributed by atoms with Gasteiger partial charge in [0.05, 0.1) is 6.10 Å². The standard InChI is InChI=1S/C24H42N2O/c1-19(2)11-12-24(14-16-27-23(17-24)20(3)4)13-15-25-18-21-7-9-22(10-8-21)26(5)6/h7-10,19-20,23,25H,11-18H2,1-6H3/t23-,24+/m0/s1. The van der Waals surface area contributed by atoms with Crippen LogP contribution < -0.4 is 10.2 Å². The van der Waals surface area contributed by atoms with E-state index in [1.54, 1.807) is 0 Å². The number of rotatable bonds is 10. The summed E-state index contributed by atoms with van der Waals surface area (Å²) < 4.78 is 6.08. The highest BCUT2D eigenvalue weighted by Gasteiger charge is 2.37. The predicted molar refractivity (Wildman–Crippen MR) is 117 cm³/mol. The number of hydrogen-bond donors (Lipinski definition) is 1. The van der Waals surface area contributed by atoms with Crippen molar-refractivity contribution in [1.29, 1.82) is 0 Å². The number of hydrogen-bond acceptors (Lipinski definition) is 3. The Morgan fingerprint density at radius 2 is 1.81 bits per heavy atom. The quantitative estimate of drug-likeness (QED) is 0.548. The van der Waals surface area contributed by atoms with Gasteiger partial charge in [0.2, 0.25) is 0 Å². The van der Waals surface area contributed by atoms with E-state index in [0.29, 0.717) is 17.4 Å². The van der Waals surface area contributed by atoms with Gasteiger partial charge in [-0.25, -0.2) is 0 Å². The topological polar surface area (TPSA) is 24.5 Å². The van der Waals surface area contributed by atoms with E-state index in [4.69, 9.17) is 4.74 Å². The Labute approximate surface area is 167 Å². The van der Waals surface area contributed by atoms with Gasteiger partial charge in [0.15, 0.2) is 0 Å². The second-order valence-electron chi connectivity index (χ2n) is 9.53. The first kappa shape index (κ1) is 22.2. The zero-order chi connectivity index (χ0) is 19.9. The zero-order valence-electron chi connectivity index (χ0n) is 18.6. The Morgan fingerprint density at radius 3 is 2.41 bits per heavy atom. The van der Waals surface area contributed by atoms with Crippen LogP contribution in [0.15, 0.2) is 24.3 Å². The van der Waals surface area contributed by atoms with Crippen molar-refractivity contribution in [3.8, 4) is 0 Å². The Balaban J connectivity index is 1.87. The molecule has 0 saturated carbocycles. The highest BCUT2D eigenvalue weighted by molar-refractivity contribution is 5.45. The second kappa shape index (κ2) is 10.5. The third-order valence-corrected chi connectivity index (χ3v) is 6.21. The van der Waals surface area contributed by atoms with Gasteiger partial charge < -0.3 is 15.0 Å². The number of benzene rings is 1. The fourth-order valence-electron chi connectivity index (χ4n) is 4.11. The molecule has 1 aromatic rings. The van der Waals surface area contributed by atoms with E-state index in [2.05, 4.69) is 76.3 Å². The molecule has 1 aliphatic rings. The molecule has 0 aliphatic carbocycles. The summed E-state index contributed by atoms with van der Waals surface area (Å²) in [6.07, 6.45) is 6.83. The van der Waals surface area contributed by atoms with Crippen molar-refractivity contribution in [2.75, 3.05) is 32.1 Å². The van der Waals surface area contributed by atoms with Gasteiger partial charge in [0.1, 0.15) is 0 Å². The van der Waals surface area contributed by atoms with E-state index in [-0.39, 0.29) is 0 Å². The molecule has 154 valence electrons. The summed E-state index contributed by atoms with van der Waals surface area (Å²) in [4.78, 5) is 2.14. The van der Waals surface area contributed by atoms with E-state index in [0.717, 1.165) is 25.6 Å². The lowest BCUT2D eigenvalue weighted by molar-refractivity contribution is -0.0761. The molecule has 1 aromatic carbocycles. The minimum absolute atomic E-state index is 0.435. The van der Waals surface area contributed by atoms with Gasteiger partial charge in [-0.05, 0) is 67.2 Å². The number of nitrogens with zero attached hydrogens (tertiary/aromatic N) is 1. The van der Waals surface area contributed by atoms with Crippen molar-refractivity contribution in [3.05, 3.63) is 29.8 Å². The summed E-state index contributed by atoms with van der Waals surface area (Å²) in [5, 5.41) is 3.70. The average Bonchev–Trinajstić information content (AvgIpc) is 2.64. The van der Waals surface area contributed by atoms with E-state index < -0.39 is 0 Å². The van der Waals surface area contributed by atoms with Crippen LogP contribution >= 0.6 is 0 Å². The molecular weight excluding hydrogens is 332 g/mol. The van der Waals surface area contributed by atoms with Crippen LogP contribution in [0, 0.1) is 17.3 Å². The molecule has 1 N–H and O–H groups in total. The fourth-order valence-corrected chi connectivity index (χ4v) is 4.11. The molecule has 1 heterocycles. The maximum atomic E-state index is 6.08.